The van der Waals surface area contributed by atoms with Crippen molar-refractivity contribution in [1.29, 1.82) is 0 Å². The smallest absolute Gasteiger partial charge is 0.0942 e. The van der Waals surface area contributed by atoms with E-state index in [9.17, 15) is 0 Å². The second-order valence-electron chi connectivity index (χ2n) is 8.52. The number of rotatable bonds is 3. The summed E-state index contributed by atoms with van der Waals surface area (Å²) < 4.78 is 5.23. The van der Waals surface area contributed by atoms with Crippen molar-refractivity contribution in [2.45, 2.75) is 65.3 Å². The van der Waals surface area contributed by atoms with Crippen LogP contribution in [0.15, 0.2) is 17.1 Å². The molecule has 0 saturated heterocycles. The fraction of sp³-hybridized carbons (Fsp3) is 0.650. The predicted molar refractivity (Wildman–Crippen MR) is 103 cm³/mol. The van der Waals surface area contributed by atoms with Crippen molar-refractivity contribution in [1.82, 2.24) is 0 Å². The zero-order valence-corrected chi connectivity index (χ0v) is 16.7. The van der Waals surface area contributed by atoms with Crippen LogP contribution in [0.25, 0.3) is 0 Å². The van der Waals surface area contributed by atoms with E-state index in [1.54, 1.807) is 7.11 Å². The van der Waals surface area contributed by atoms with E-state index >= 15 is 0 Å². The highest BCUT2D eigenvalue weighted by atomic mass is 32.2. The van der Waals surface area contributed by atoms with Crippen molar-refractivity contribution in [2.24, 2.45) is 4.99 Å². The molecule has 1 aromatic carbocycles. The first kappa shape index (κ1) is 18.5. The second-order valence-corrected chi connectivity index (χ2v) is 9.62. The lowest BCUT2D eigenvalue weighted by atomic mass is 9.75. The standard InChI is InChI=1S/C20H31NOS/c1-13-15(19(2,3)4)9-14(10-16(13)20(5,6)7)17-12-23-18(21-17)11-22-8/h9-10,17H,11-12H2,1-8H3. The minimum atomic E-state index is 0.144. The Labute approximate surface area is 146 Å². The molecule has 3 heteroatoms. The highest BCUT2D eigenvalue weighted by Gasteiger charge is 2.27. The van der Waals surface area contributed by atoms with Crippen LogP contribution in [0.4, 0.5) is 0 Å². The lowest BCUT2D eigenvalue weighted by molar-refractivity contribution is 0.247. The topological polar surface area (TPSA) is 21.6 Å². The Hall–Kier alpha value is -0.800. The summed E-state index contributed by atoms with van der Waals surface area (Å²) in [5, 5.41) is 1.12. The van der Waals surface area contributed by atoms with Crippen LogP contribution in [0.1, 0.15) is 69.8 Å². The van der Waals surface area contributed by atoms with E-state index in [0.717, 1.165) is 10.8 Å². The third kappa shape index (κ3) is 4.19. The van der Waals surface area contributed by atoms with Gasteiger partial charge in [0.1, 0.15) is 0 Å². The zero-order valence-electron chi connectivity index (χ0n) is 15.9. The molecule has 0 amide bonds. The maximum absolute atomic E-state index is 5.23. The summed E-state index contributed by atoms with van der Waals surface area (Å²) in [4.78, 5) is 4.88. The Morgan fingerprint density at radius 3 is 2.04 bits per heavy atom. The van der Waals surface area contributed by atoms with Gasteiger partial charge < -0.3 is 4.74 Å². The minimum Gasteiger partial charge on any atom is -0.378 e. The first-order valence-electron chi connectivity index (χ1n) is 8.38. The fourth-order valence-electron chi connectivity index (χ4n) is 3.28. The number of hydrogen-bond acceptors (Lipinski definition) is 3. The highest BCUT2D eigenvalue weighted by Crippen LogP contribution is 2.39. The van der Waals surface area contributed by atoms with Gasteiger partial charge in [-0.25, -0.2) is 0 Å². The summed E-state index contributed by atoms with van der Waals surface area (Å²) in [5.41, 5.74) is 5.96. The largest absolute Gasteiger partial charge is 0.378 e. The molecular weight excluding hydrogens is 302 g/mol. The Balaban J connectivity index is 2.53. The molecule has 0 bridgehead atoms. The number of aliphatic imine (C=N–C) groups is 1. The van der Waals surface area contributed by atoms with Crippen molar-refractivity contribution < 1.29 is 4.74 Å². The molecule has 0 fully saturated rings. The quantitative estimate of drug-likeness (QED) is 0.736. The van der Waals surface area contributed by atoms with Gasteiger partial charge in [0, 0.05) is 12.9 Å². The van der Waals surface area contributed by atoms with Gasteiger partial charge in [-0.3, -0.25) is 4.99 Å². The Morgan fingerprint density at radius 1 is 1.09 bits per heavy atom. The molecule has 2 rings (SSSR count). The van der Waals surface area contributed by atoms with Gasteiger partial charge in [0.05, 0.1) is 17.7 Å². The van der Waals surface area contributed by atoms with Gasteiger partial charge in [-0.2, -0.15) is 0 Å². The molecule has 0 spiro atoms. The molecule has 0 N–H and O–H groups in total. The molecular formula is C20H31NOS. The van der Waals surface area contributed by atoms with Gasteiger partial charge in [0.15, 0.2) is 0 Å². The van der Waals surface area contributed by atoms with E-state index in [4.69, 9.17) is 9.73 Å². The van der Waals surface area contributed by atoms with Crippen LogP contribution < -0.4 is 0 Å². The minimum absolute atomic E-state index is 0.144. The van der Waals surface area contributed by atoms with Gasteiger partial charge in [-0.1, -0.05) is 53.7 Å². The first-order chi connectivity index (χ1) is 10.5. The van der Waals surface area contributed by atoms with Crippen LogP contribution in [-0.2, 0) is 15.6 Å². The van der Waals surface area contributed by atoms with E-state index in [1.807, 2.05) is 11.8 Å². The van der Waals surface area contributed by atoms with Crippen LogP contribution in [0, 0.1) is 6.92 Å². The second kappa shape index (κ2) is 6.60. The lowest BCUT2D eigenvalue weighted by Gasteiger charge is -2.30. The van der Waals surface area contributed by atoms with Crippen molar-refractivity contribution in [3.05, 3.63) is 34.4 Å². The van der Waals surface area contributed by atoms with Crippen LogP contribution in [0.3, 0.4) is 0 Å². The summed E-state index contributed by atoms with van der Waals surface area (Å²) in [6.45, 7) is 16.7. The van der Waals surface area contributed by atoms with E-state index < -0.39 is 0 Å². The molecule has 1 atom stereocenters. The molecule has 0 aromatic heterocycles. The SMILES string of the molecule is COCC1=NC(c2cc(C(C)(C)C)c(C)c(C(C)(C)C)c2)CS1. The molecule has 0 radical (unpaired) electrons. The normalized spacial score (nSPS) is 19.1. The van der Waals surface area contributed by atoms with Crippen molar-refractivity contribution in [3.63, 3.8) is 0 Å². The van der Waals surface area contributed by atoms with Gasteiger partial charge in [0.25, 0.3) is 0 Å². The van der Waals surface area contributed by atoms with Crippen molar-refractivity contribution in [2.75, 3.05) is 19.5 Å². The van der Waals surface area contributed by atoms with Crippen LogP contribution in [0.2, 0.25) is 0 Å². The van der Waals surface area contributed by atoms with Crippen molar-refractivity contribution >= 4 is 16.8 Å². The van der Waals surface area contributed by atoms with Crippen LogP contribution >= 0.6 is 11.8 Å². The molecule has 1 unspecified atom stereocenters. The van der Waals surface area contributed by atoms with Gasteiger partial charge >= 0.3 is 0 Å². The molecule has 0 saturated carbocycles. The highest BCUT2D eigenvalue weighted by molar-refractivity contribution is 8.14. The number of ether oxygens (including phenoxy) is 1. The Morgan fingerprint density at radius 2 is 1.61 bits per heavy atom. The summed E-state index contributed by atoms with van der Waals surface area (Å²) in [5.74, 6) is 1.02. The summed E-state index contributed by atoms with van der Waals surface area (Å²) in [7, 11) is 1.73. The third-order valence-electron chi connectivity index (χ3n) is 4.41. The molecule has 1 aliphatic heterocycles. The fourth-order valence-corrected chi connectivity index (χ4v) is 4.30. The molecule has 1 aromatic rings. The number of hydrogen-bond donors (Lipinski definition) is 0. The molecule has 2 nitrogen and oxygen atoms in total. The average Bonchev–Trinajstić information content (AvgIpc) is 2.85. The Bertz CT molecular complexity index is 570. The monoisotopic (exact) mass is 333 g/mol. The average molecular weight is 334 g/mol. The summed E-state index contributed by atoms with van der Waals surface area (Å²) in [6, 6.07) is 5.03. The summed E-state index contributed by atoms with van der Waals surface area (Å²) >= 11 is 1.83. The first-order valence-corrected chi connectivity index (χ1v) is 9.36. The van der Waals surface area contributed by atoms with E-state index in [2.05, 4.69) is 60.6 Å². The molecule has 0 aliphatic carbocycles. The predicted octanol–water partition coefficient (Wildman–Crippen LogP) is 5.42. The zero-order chi connectivity index (χ0) is 17.4. The van der Waals surface area contributed by atoms with Gasteiger partial charge in [-0.05, 0) is 40.0 Å². The maximum atomic E-state index is 5.23. The number of thioether (sulfide) groups is 1. The molecule has 23 heavy (non-hydrogen) atoms. The number of nitrogens with zero attached hydrogens (tertiary/aromatic N) is 1. The molecule has 1 aliphatic rings. The van der Waals surface area contributed by atoms with Crippen LogP contribution in [0.5, 0.6) is 0 Å². The van der Waals surface area contributed by atoms with E-state index in [-0.39, 0.29) is 16.9 Å². The van der Waals surface area contributed by atoms with Crippen LogP contribution in [-0.4, -0.2) is 24.5 Å². The third-order valence-corrected chi connectivity index (χ3v) is 5.45. The van der Waals surface area contributed by atoms with Gasteiger partial charge in [-0.15, -0.1) is 11.8 Å². The molecule has 1 heterocycles. The molecule has 128 valence electrons. The number of methoxy groups -OCH3 is 1. The maximum Gasteiger partial charge on any atom is 0.0942 e. The number of benzene rings is 1. The lowest BCUT2D eigenvalue weighted by Crippen LogP contribution is -2.20. The van der Waals surface area contributed by atoms with Crippen molar-refractivity contribution in [3.8, 4) is 0 Å². The Kier molecular flexibility index (Phi) is 5.32. The summed E-state index contributed by atoms with van der Waals surface area (Å²) in [6.07, 6.45) is 0. The van der Waals surface area contributed by atoms with Gasteiger partial charge in [0.2, 0.25) is 0 Å². The van der Waals surface area contributed by atoms with E-state index in [0.29, 0.717) is 6.61 Å². The van der Waals surface area contributed by atoms with E-state index in [1.165, 1.54) is 22.3 Å².